The highest BCUT2D eigenvalue weighted by Gasteiger charge is 2.59. The molecule has 29 heteroatoms. The summed E-state index contributed by atoms with van der Waals surface area (Å²) < 4.78 is 48.5. The highest BCUT2D eigenvalue weighted by atomic mass is 35.5. The van der Waals surface area contributed by atoms with E-state index in [9.17, 15) is 41.9 Å². The van der Waals surface area contributed by atoms with Crippen molar-refractivity contribution in [1.29, 1.82) is 0 Å². The predicted octanol–water partition coefficient (Wildman–Crippen LogP) is 6.52. The topological polar surface area (TPSA) is 279 Å². The number of likely N-dealkylation sites (N-methyl/N-ethyl adjacent to an activating group) is 7. The lowest BCUT2D eigenvalue weighted by Gasteiger charge is -2.54. The molecule has 6 fully saturated rings. The number of hydrogen-bond acceptors (Lipinski definition) is 13. The second-order valence-electron chi connectivity index (χ2n) is 32.8. The van der Waals surface area contributed by atoms with Gasteiger partial charge in [0.05, 0.1) is 31.5 Å². The number of hydrogen-bond donors (Lipinski definition) is 3. The van der Waals surface area contributed by atoms with Crippen LogP contribution >= 0.6 is 11.6 Å². The van der Waals surface area contributed by atoms with Crippen LogP contribution in [0.5, 0.6) is 0 Å². The molecule has 13 atom stereocenters. The molecule has 2 saturated heterocycles. The van der Waals surface area contributed by atoms with Crippen LogP contribution in [-0.4, -0.2) is 276 Å². The van der Waals surface area contributed by atoms with Gasteiger partial charge in [-0.05, 0) is 125 Å². The van der Waals surface area contributed by atoms with Crippen LogP contribution in [0.25, 0.3) is 0 Å². The predicted molar refractivity (Wildman–Crippen MR) is 390 cm³/mol. The zero-order valence-corrected chi connectivity index (χ0v) is 65.8. The van der Waals surface area contributed by atoms with Crippen LogP contribution in [0.1, 0.15) is 196 Å². The maximum absolute atomic E-state index is 15.7. The fourth-order valence-corrected chi connectivity index (χ4v) is 18.2. The van der Waals surface area contributed by atoms with Gasteiger partial charge in [0.25, 0.3) is 0 Å². The van der Waals surface area contributed by atoms with E-state index in [4.69, 9.17) is 16.3 Å². The average Bonchev–Trinajstić information content (AvgIpc) is 1.11. The molecule has 12 amide bonds. The van der Waals surface area contributed by atoms with Crippen LogP contribution in [0.2, 0.25) is 0 Å². The van der Waals surface area contributed by atoms with E-state index in [0.29, 0.717) is 38.0 Å². The fourth-order valence-electron chi connectivity index (χ4n) is 17.7. The van der Waals surface area contributed by atoms with Crippen LogP contribution < -0.4 is 16.0 Å². The molecule has 592 valence electrons. The van der Waals surface area contributed by atoms with Crippen LogP contribution in [0.4, 0.5) is 13.2 Å². The molecular formula is C76H122ClF3N12O13. The van der Waals surface area contributed by atoms with Gasteiger partial charge in [-0.15, -0.1) is 11.6 Å². The number of alkyl halides is 4. The number of amides is 12. The summed E-state index contributed by atoms with van der Waals surface area (Å²) in [6.07, 6.45) is 5.37. The van der Waals surface area contributed by atoms with Crippen molar-refractivity contribution in [2.24, 2.45) is 40.9 Å². The molecule has 4 aliphatic carbocycles. The van der Waals surface area contributed by atoms with E-state index in [1.54, 1.807) is 19.9 Å². The average molecular weight is 1500 g/mol. The fraction of sp³-hybridized carbons (Fsp3) is 0.816. The van der Waals surface area contributed by atoms with Gasteiger partial charge in [0.2, 0.25) is 70.9 Å². The molecule has 7 rings (SSSR count). The first-order chi connectivity index (χ1) is 49.3. The Bertz CT molecular complexity index is 3140. The Balaban J connectivity index is 1.32. The summed E-state index contributed by atoms with van der Waals surface area (Å²) in [5.74, 6) is -10.5. The normalized spacial score (nSPS) is 32.1. The van der Waals surface area contributed by atoms with Crippen molar-refractivity contribution in [3.05, 3.63) is 12.2 Å². The Morgan fingerprint density at radius 3 is 1.91 bits per heavy atom. The number of nitrogens with zero attached hydrogens (tertiary/aromatic N) is 9. The van der Waals surface area contributed by atoms with Crippen molar-refractivity contribution in [3.63, 3.8) is 0 Å². The molecule has 2 bridgehead atoms. The summed E-state index contributed by atoms with van der Waals surface area (Å²) in [6.45, 7) is 12.1. The molecule has 25 nitrogen and oxygen atoms in total. The minimum atomic E-state index is -4.53. The largest absolute Gasteiger partial charge is 0.393 e. The second kappa shape index (κ2) is 37.0. The molecule has 3 aliphatic heterocycles. The monoisotopic (exact) mass is 1500 g/mol. The molecule has 4 saturated carbocycles. The standard InChI is InChI=1S/C76H122ClF3N12O13/c1-16-24-55-65(96)82-63(50-25-21-22-26-50)71(102)86(11)43-62(95)88(13)56-27-20-19-23-36-91(70(56)101)59(38-49-30-28-46(4)29-31-49)69(100)85(10)42-60(93)81-54(35-33-48-32-34-52(53(77)37-48)76(78,79)80)67(98)92-41-51(105-18-3)39-57(92)66(97)83-75(44-74(6,7)45-75)73(104)90(15)64(47(5)17-2)72(103)89(14)58(68(99)84(8)9)40-61(94)87(55)12/h19-20,46-59,63-64H,16-18,21-45H2,1-15H3,(H,81,93)(H,82,96)(H,83,97)/b20-19-/t46?,47-,48?,49?,51+,52?,53?,54-,55-,56-,57-,58-,59-,63-,64-/m0/s1. The van der Waals surface area contributed by atoms with Gasteiger partial charge < -0.3 is 64.8 Å². The molecule has 0 aromatic heterocycles. The van der Waals surface area contributed by atoms with E-state index in [-0.39, 0.29) is 102 Å². The Hall–Kier alpha value is -6.58. The van der Waals surface area contributed by atoms with Crippen molar-refractivity contribution in [2.75, 3.05) is 89.2 Å². The van der Waals surface area contributed by atoms with E-state index in [1.807, 2.05) is 33.8 Å². The number of carbonyl (C=O) groups excluding carboxylic acids is 12. The zero-order valence-electron chi connectivity index (χ0n) is 65.0. The lowest BCUT2D eigenvalue weighted by molar-refractivity contribution is -0.182. The molecule has 0 aromatic rings. The number of nitrogens with one attached hydrogen (secondary N) is 3. The molecule has 1 spiro atoms. The Labute approximate surface area is 625 Å². The van der Waals surface area contributed by atoms with Crippen molar-refractivity contribution < 1.29 is 75.4 Å². The third kappa shape index (κ3) is 21.0. The van der Waals surface area contributed by atoms with Crippen LogP contribution in [-0.2, 0) is 62.3 Å². The quantitative estimate of drug-likeness (QED) is 0.131. The van der Waals surface area contributed by atoms with Crippen LogP contribution in [0.3, 0.4) is 0 Å². The van der Waals surface area contributed by atoms with E-state index < -0.39 is 185 Å². The molecule has 3 unspecified atom stereocenters. The van der Waals surface area contributed by atoms with Gasteiger partial charge in [-0.3, -0.25) is 57.5 Å². The van der Waals surface area contributed by atoms with E-state index in [2.05, 4.69) is 22.9 Å². The summed E-state index contributed by atoms with van der Waals surface area (Å²) in [5.41, 5.74) is -2.19. The highest BCUT2D eigenvalue weighted by molar-refractivity contribution is 6.21. The number of fused-ring (bicyclic) bond motifs is 3. The van der Waals surface area contributed by atoms with Gasteiger partial charge in [0.15, 0.2) is 0 Å². The van der Waals surface area contributed by atoms with Gasteiger partial charge in [0, 0.05) is 87.9 Å². The lowest BCUT2D eigenvalue weighted by atomic mass is 9.58. The van der Waals surface area contributed by atoms with E-state index in [0.717, 1.165) is 43.4 Å². The molecule has 0 aromatic carbocycles. The minimum absolute atomic E-state index is 0.00323. The molecule has 0 radical (unpaired) electrons. The van der Waals surface area contributed by atoms with Crippen molar-refractivity contribution in [2.45, 2.75) is 268 Å². The Morgan fingerprint density at radius 1 is 0.686 bits per heavy atom. The summed E-state index contributed by atoms with van der Waals surface area (Å²) >= 11 is 6.46. The summed E-state index contributed by atoms with van der Waals surface area (Å²) in [4.78, 5) is 193. The number of halogens is 4. The number of carbonyl (C=O) groups is 12. The molecule has 3 N–H and O–H groups in total. The van der Waals surface area contributed by atoms with Crippen molar-refractivity contribution in [1.82, 2.24) is 60.0 Å². The van der Waals surface area contributed by atoms with Gasteiger partial charge >= 0.3 is 6.18 Å². The summed E-state index contributed by atoms with van der Waals surface area (Å²) in [6, 6.07) is -10.1. The Kier molecular flexibility index (Phi) is 30.2. The smallest absolute Gasteiger partial charge is 0.377 e. The van der Waals surface area contributed by atoms with Crippen molar-refractivity contribution in [3.8, 4) is 0 Å². The molecule has 105 heavy (non-hydrogen) atoms. The molecule has 7 aliphatic rings. The molecular weight excluding hydrogens is 1380 g/mol. The van der Waals surface area contributed by atoms with E-state index in [1.165, 1.54) is 95.6 Å². The van der Waals surface area contributed by atoms with Crippen LogP contribution in [0, 0.1) is 40.9 Å². The van der Waals surface area contributed by atoms with Gasteiger partial charge in [0.1, 0.15) is 53.9 Å². The maximum atomic E-state index is 15.7. The van der Waals surface area contributed by atoms with Gasteiger partial charge in [-0.1, -0.05) is 105 Å². The first-order valence-corrected chi connectivity index (χ1v) is 39.0. The SMILES string of the molecule is CCC[C@H]1C(=O)N[C@@H](C2CCCC2)C(=O)N(C)CC(=O)N(C)[C@H]2C/C=C\CCN(C2=O)[C@@H](CC2CCC(C)CC2)C(=O)N(C)CC(=O)N[C@@H](CCC2CCC(C(F)(F)F)C(Cl)C2)C(=O)N2C[C@H](OCC)C[C@H]2C(=O)NC2(CC(C)(C)C2)C(=O)N(C)[C@@H]([C@@H](C)CC)C(=O)N(C)[C@H](C(=O)N(C)C)CC(=O)N1C. The third-order valence-electron chi connectivity index (χ3n) is 24.0. The highest BCUT2D eigenvalue weighted by Crippen LogP contribution is 2.50. The molecule has 3 heterocycles. The van der Waals surface area contributed by atoms with Gasteiger partial charge in [-0.25, -0.2) is 0 Å². The van der Waals surface area contributed by atoms with Crippen LogP contribution in [0.15, 0.2) is 12.2 Å². The second-order valence-corrected chi connectivity index (χ2v) is 33.3. The first kappa shape index (κ1) is 85.7. The Morgan fingerprint density at radius 2 is 1.32 bits per heavy atom. The lowest BCUT2D eigenvalue weighted by Crippen LogP contribution is -2.71. The van der Waals surface area contributed by atoms with Crippen molar-refractivity contribution >= 4 is 82.5 Å². The number of rotatable bonds is 13. The van der Waals surface area contributed by atoms with E-state index >= 15 is 28.8 Å². The number of ether oxygens (including phenoxy) is 1. The van der Waals surface area contributed by atoms with Gasteiger partial charge in [-0.2, -0.15) is 13.2 Å². The maximum Gasteiger partial charge on any atom is 0.393 e. The summed E-state index contributed by atoms with van der Waals surface area (Å²) in [5, 5.41) is 7.66. The third-order valence-corrected chi connectivity index (χ3v) is 24.5. The minimum Gasteiger partial charge on any atom is -0.377 e. The first-order valence-electron chi connectivity index (χ1n) is 38.6. The zero-order chi connectivity index (χ0) is 77.9. The summed E-state index contributed by atoms with van der Waals surface area (Å²) in [7, 11) is 11.5.